The number of sulfone groups is 1. The highest BCUT2D eigenvalue weighted by Crippen LogP contribution is 2.55. The molecule has 0 unspecified atom stereocenters. The molecule has 0 spiro atoms. The van der Waals surface area contributed by atoms with Gasteiger partial charge in [0.05, 0.1) is 23.2 Å². The highest BCUT2D eigenvalue weighted by molar-refractivity contribution is 7.92. The van der Waals surface area contributed by atoms with E-state index in [9.17, 15) is 25.6 Å². The molecule has 180 valence electrons. The van der Waals surface area contributed by atoms with Crippen molar-refractivity contribution >= 4 is 31.5 Å². The molecule has 2 aromatic rings. The standard InChI is InChI=1S/C20H19ClF3NO6S2/c21-12-1-3-13(4-2-12)33(28,29)20-7-8-30-17(9-25-32(26,27)11-22)14(20)10-31-19-16(24)6-5-15(23)18(19)20/h1-6,14,17,25H,7-11H2/t14-,17-,20-/m0/s1. The summed E-state index contributed by atoms with van der Waals surface area (Å²) in [6, 6.07) is 5.19. The lowest BCUT2D eigenvalue weighted by Crippen LogP contribution is -2.59. The number of sulfonamides is 1. The summed E-state index contributed by atoms with van der Waals surface area (Å²) in [5.74, 6) is -3.58. The number of rotatable bonds is 6. The number of ether oxygens (including phenoxy) is 2. The van der Waals surface area contributed by atoms with Crippen LogP contribution in [0.2, 0.25) is 5.02 Å². The summed E-state index contributed by atoms with van der Waals surface area (Å²) >= 11 is 5.89. The average molecular weight is 526 g/mol. The largest absolute Gasteiger partial charge is 0.490 e. The Morgan fingerprint density at radius 1 is 1.06 bits per heavy atom. The van der Waals surface area contributed by atoms with Gasteiger partial charge in [0.1, 0.15) is 10.6 Å². The third-order valence-corrected chi connectivity index (χ3v) is 9.70. The van der Waals surface area contributed by atoms with Crippen molar-refractivity contribution in [2.75, 3.05) is 25.8 Å². The molecule has 7 nitrogen and oxygen atoms in total. The van der Waals surface area contributed by atoms with Crippen LogP contribution in [0.1, 0.15) is 12.0 Å². The molecular weight excluding hydrogens is 507 g/mol. The summed E-state index contributed by atoms with van der Waals surface area (Å²) < 4.78 is 105. The van der Waals surface area contributed by atoms with E-state index in [-0.39, 0.29) is 22.9 Å². The summed E-state index contributed by atoms with van der Waals surface area (Å²) in [6.45, 7) is -1.09. The van der Waals surface area contributed by atoms with Gasteiger partial charge in [-0.05, 0) is 42.8 Å². The number of alkyl halides is 1. The quantitative estimate of drug-likeness (QED) is 0.622. The first-order chi connectivity index (χ1) is 15.5. The average Bonchev–Trinajstić information content (AvgIpc) is 2.79. The molecular formula is C20H19ClF3NO6S2. The fourth-order valence-electron chi connectivity index (χ4n) is 4.50. The smallest absolute Gasteiger partial charge is 0.241 e. The lowest BCUT2D eigenvalue weighted by atomic mass is 9.76. The summed E-state index contributed by atoms with van der Waals surface area (Å²) in [5.41, 5.74) is -0.477. The van der Waals surface area contributed by atoms with Gasteiger partial charge in [-0.2, -0.15) is 0 Å². The minimum Gasteiger partial charge on any atom is -0.490 e. The molecule has 2 aromatic carbocycles. The van der Waals surface area contributed by atoms with E-state index in [0.29, 0.717) is 0 Å². The summed E-state index contributed by atoms with van der Waals surface area (Å²) in [6.07, 6.45) is -1.37. The van der Waals surface area contributed by atoms with Crippen LogP contribution in [-0.2, 0) is 29.3 Å². The van der Waals surface area contributed by atoms with Crippen molar-refractivity contribution in [3.8, 4) is 5.75 Å². The maximum Gasteiger partial charge on any atom is 0.241 e. The van der Waals surface area contributed by atoms with Crippen molar-refractivity contribution in [3.05, 3.63) is 58.6 Å². The van der Waals surface area contributed by atoms with Gasteiger partial charge in [0.25, 0.3) is 0 Å². The minimum absolute atomic E-state index is 0.182. The monoisotopic (exact) mass is 525 g/mol. The second kappa shape index (κ2) is 8.73. The van der Waals surface area contributed by atoms with Gasteiger partial charge in [0.15, 0.2) is 21.4 Å². The van der Waals surface area contributed by atoms with E-state index < -0.39 is 78.7 Å². The second-order valence-corrected chi connectivity index (χ2v) is 12.1. The lowest BCUT2D eigenvalue weighted by molar-refractivity contribution is -0.0688. The Balaban J connectivity index is 1.92. The van der Waals surface area contributed by atoms with E-state index in [1.165, 1.54) is 24.3 Å². The van der Waals surface area contributed by atoms with Gasteiger partial charge >= 0.3 is 0 Å². The van der Waals surface area contributed by atoms with Gasteiger partial charge in [0, 0.05) is 24.1 Å². The van der Waals surface area contributed by atoms with Crippen molar-refractivity contribution in [3.63, 3.8) is 0 Å². The Morgan fingerprint density at radius 2 is 1.73 bits per heavy atom. The third kappa shape index (κ3) is 4.01. The minimum atomic E-state index is -4.42. The van der Waals surface area contributed by atoms with Crippen molar-refractivity contribution in [1.82, 2.24) is 4.72 Å². The highest BCUT2D eigenvalue weighted by Gasteiger charge is 2.61. The summed E-state index contributed by atoms with van der Waals surface area (Å²) in [7, 11) is -8.70. The Kier molecular flexibility index (Phi) is 6.42. The van der Waals surface area contributed by atoms with E-state index in [4.69, 9.17) is 21.1 Å². The molecule has 0 radical (unpaired) electrons. The summed E-state index contributed by atoms with van der Waals surface area (Å²) in [5, 5.41) is 0.276. The van der Waals surface area contributed by atoms with Crippen molar-refractivity contribution < 1.29 is 39.5 Å². The molecule has 0 amide bonds. The maximum atomic E-state index is 15.2. The number of benzene rings is 2. The number of nitrogens with one attached hydrogen (secondary N) is 1. The van der Waals surface area contributed by atoms with E-state index >= 15 is 4.39 Å². The van der Waals surface area contributed by atoms with Crippen LogP contribution in [0.25, 0.3) is 0 Å². The Bertz CT molecular complexity index is 1270. The molecule has 2 aliphatic heterocycles. The van der Waals surface area contributed by atoms with Gasteiger partial charge in [0.2, 0.25) is 16.0 Å². The molecule has 0 aromatic heterocycles. The molecule has 4 rings (SSSR count). The molecule has 33 heavy (non-hydrogen) atoms. The van der Waals surface area contributed by atoms with E-state index in [1.807, 2.05) is 4.72 Å². The predicted molar refractivity (Wildman–Crippen MR) is 113 cm³/mol. The van der Waals surface area contributed by atoms with Crippen LogP contribution in [0.15, 0.2) is 41.3 Å². The first-order valence-corrected chi connectivity index (χ1v) is 13.3. The first kappa shape index (κ1) is 24.3. The molecule has 3 atom stereocenters. The molecule has 0 saturated carbocycles. The topological polar surface area (TPSA) is 98.8 Å². The van der Waals surface area contributed by atoms with Gasteiger partial charge in [-0.15, -0.1) is 0 Å². The molecule has 1 N–H and O–H groups in total. The Labute approximate surface area is 193 Å². The van der Waals surface area contributed by atoms with Gasteiger partial charge in [-0.3, -0.25) is 0 Å². The highest BCUT2D eigenvalue weighted by atomic mass is 35.5. The zero-order chi connectivity index (χ0) is 24.0. The van der Waals surface area contributed by atoms with Gasteiger partial charge < -0.3 is 9.47 Å². The molecule has 1 saturated heterocycles. The number of fused-ring (bicyclic) bond motifs is 3. The molecule has 2 heterocycles. The number of halogens is 4. The van der Waals surface area contributed by atoms with Crippen molar-refractivity contribution in [2.24, 2.45) is 5.92 Å². The van der Waals surface area contributed by atoms with Crippen LogP contribution in [0, 0.1) is 17.6 Å². The van der Waals surface area contributed by atoms with Crippen molar-refractivity contribution in [1.29, 1.82) is 0 Å². The Morgan fingerprint density at radius 3 is 2.39 bits per heavy atom. The van der Waals surface area contributed by atoms with Gasteiger partial charge in [-0.25, -0.2) is 34.7 Å². The number of hydrogen-bond acceptors (Lipinski definition) is 6. The maximum absolute atomic E-state index is 15.2. The zero-order valence-electron chi connectivity index (χ0n) is 16.9. The number of hydrogen-bond donors (Lipinski definition) is 1. The molecule has 1 fully saturated rings. The third-order valence-electron chi connectivity index (χ3n) is 5.99. The van der Waals surface area contributed by atoms with Crippen LogP contribution in [0.5, 0.6) is 5.75 Å². The summed E-state index contributed by atoms with van der Waals surface area (Å²) in [4.78, 5) is -0.182. The van der Waals surface area contributed by atoms with Crippen LogP contribution >= 0.6 is 11.6 Å². The SMILES string of the molecule is O=S(=O)(CF)NC[C@@H]1OCC[C@@]2(S(=O)(=O)c3ccc(Cl)cc3)c3c(F)ccc(F)c3OC[C@@H]12. The Hall–Kier alpha value is -1.86. The molecule has 13 heteroatoms. The predicted octanol–water partition coefficient (Wildman–Crippen LogP) is 2.93. The van der Waals surface area contributed by atoms with E-state index in [1.54, 1.807) is 0 Å². The molecule has 0 bridgehead atoms. The van der Waals surface area contributed by atoms with Crippen LogP contribution in [0.3, 0.4) is 0 Å². The van der Waals surface area contributed by atoms with Gasteiger partial charge in [-0.1, -0.05) is 11.6 Å². The van der Waals surface area contributed by atoms with E-state index in [0.717, 1.165) is 12.1 Å². The normalized spacial score (nSPS) is 25.1. The van der Waals surface area contributed by atoms with Crippen LogP contribution < -0.4 is 9.46 Å². The van der Waals surface area contributed by atoms with E-state index in [2.05, 4.69) is 0 Å². The fraction of sp³-hybridized carbons (Fsp3) is 0.400. The first-order valence-electron chi connectivity index (χ1n) is 9.80. The lowest BCUT2D eigenvalue weighted by Gasteiger charge is -2.50. The fourth-order valence-corrected chi connectivity index (χ4v) is 7.46. The molecule has 2 aliphatic rings. The van der Waals surface area contributed by atoms with Crippen molar-refractivity contribution in [2.45, 2.75) is 22.2 Å². The van der Waals surface area contributed by atoms with Crippen LogP contribution in [-0.4, -0.2) is 48.7 Å². The second-order valence-electron chi connectivity index (χ2n) is 7.73. The molecule has 0 aliphatic carbocycles. The zero-order valence-corrected chi connectivity index (χ0v) is 19.3. The van der Waals surface area contributed by atoms with Crippen LogP contribution in [0.4, 0.5) is 13.2 Å².